The highest BCUT2D eigenvalue weighted by atomic mass is 79.9. The third-order valence-electron chi connectivity index (χ3n) is 4.35. The highest BCUT2D eigenvalue weighted by Crippen LogP contribution is 2.24. The van der Waals surface area contributed by atoms with E-state index in [9.17, 15) is 13.2 Å². The van der Waals surface area contributed by atoms with Crippen molar-refractivity contribution in [1.82, 2.24) is 14.5 Å². The number of rotatable bonds is 6. The van der Waals surface area contributed by atoms with E-state index in [4.69, 9.17) is 0 Å². The Bertz CT molecular complexity index is 881. The van der Waals surface area contributed by atoms with Crippen LogP contribution in [0.15, 0.2) is 46.3 Å². The second-order valence-electron chi connectivity index (χ2n) is 6.08. The predicted octanol–water partition coefficient (Wildman–Crippen LogP) is 2.76. The molecule has 1 saturated heterocycles. The van der Waals surface area contributed by atoms with Gasteiger partial charge in [0.25, 0.3) is 0 Å². The smallest absolute Gasteiger partial charge is 0.233 e. The Balaban J connectivity index is 1.66. The molecule has 1 unspecified atom stereocenters. The van der Waals surface area contributed by atoms with Crippen LogP contribution in [0.5, 0.6) is 0 Å². The molecule has 1 aliphatic rings. The van der Waals surface area contributed by atoms with E-state index in [1.807, 2.05) is 42.0 Å². The van der Waals surface area contributed by atoms with Gasteiger partial charge in [0.15, 0.2) is 15.0 Å². The predicted molar refractivity (Wildman–Crippen MR) is 106 cm³/mol. The lowest BCUT2D eigenvalue weighted by molar-refractivity contribution is -0.129. The molecular weight excluding hydrogens is 438 g/mol. The zero-order chi connectivity index (χ0) is 18.7. The zero-order valence-corrected chi connectivity index (χ0v) is 17.6. The summed E-state index contributed by atoms with van der Waals surface area (Å²) < 4.78 is 26.3. The third-order valence-corrected chi connectivity index (χ3v) is 7.58. The number of benzene rings is 1. The summed E-state index contributed by atoms with van der Waals surface area (Å²) in [5.74, 6) is 0.426. The van der Waals surface area contributed by atoms with Crippen molar-refractivity contribution in [3.8, 4) is 5.69 Å². The third kappa shape index (κ3) is 4.50. The van der Waals surface area contributed by atoms with E-state index in [-0.39, 0.29) is 29.2 Å². The van der Waals surface area contributed by atoms with Gasteiger partial charge in [0, 0.05) is 35.1 Å². The van der Waals surface area contributed by atoms with Crippen LogP contribution >= 0.6 is 27.7 Å². The van der Waals surface area contributed by atoms with Crippen LogP contribution in [0, 0.1) is 0 Å². The van der Waals surface area contributed by atoms with Gasteiger partial charge in [0.1, 0.15) is 0 Å². The van der Waals surface area contributed by atoms with Crippen molar-refractivity contribution in [2.45, 2.75) is 24.5 Å². The van der Waals surface area contributed by atoms with Gasteiger partial charge >= 0.3 is 0 Å². The van der Waals surface area contributed by atoms with E-state index in [2.05, 4.69) is 20.9 Å². The number of thioether (sulfide) groups is 1. The highest BCUT2D eigenvalue weighted by molar-refractivity contribution is 9.10. The van der Waals surface area contributed by atoms with Crippen LogP contribution in [0.25, 0.3) is 5.69 Å². The largest absolute Gasteiger partial charge is 0.338 e. The molecule has 0 radical (unpaired) electrons. The summed E-state index contributed by atoms with van der Waals surface area (Å²) in [6.45, 7) is 2.40. The maximum Gasteiger partial charge on any atom is 0.233 e. The van der Waals surface area contributed by atoms with Crippen molar-refractivity contribution >= 4 is 43.4 Å². The van der Waals surface area contributed by atoms with E-state index in [0.29, 0.717) is 13.0 Å². The first kappa shape index (κ1) is 19.4. The Morgan fingerprint density at radius 1 is 1.38 bits per heavy atom. The first-order chi connectivity index (χ1) is 12.4. The van der Waals surface area contributed by atoms with Crippen LogP contribution in [0.1, 0.15) is 13.3 Å². The molecule has 2 aromatic rings. The molecule has 140 valence electrons. The maximum atomic E-state index is 12.6. The minimum atomic E-state index is -3.01. The minimum Gasteiger partial charge on any atom is -0.338 e. The Hall–Kier alpha value is -1.32. The molecule has 1 amide bonds. The van der Waals surface area contributed by atoms with Gasteiger partial charge in [0.05, 0.1) is 17.3 Å². The molecule has 9 heteroatoms. The molecule has 1 fully saturated rings. The van der Waals surface area contributed by atoms with Gasteiger partial charge in [-0.25, -0.2) is 13.4 Å². The summed E-state index contributed by atoms with van der Waals surface area (Å²) in [7, 11) is -3.01. The summed E-state index contributed by atoms with van der Waals surface area (Å²) >= 11 is 4.78. The number of sulfone groups is 1. The van der Waals surface area contributed by atoms with Crippen molar-refractivity contribution in [1.29, 1.82) is 0 Å². The summed E-state index contributed by atoms with van der Waals surface area (Å²) in [5, 5.41) is 0.732. The number of hydrogen-bond acceptors (Lipinski definition) is 5. The Labute approximate surface area is 166 Å². The molecule has 0 N–H and O–H groups in total. The van der Waals surface area contributed by atoms with Gasteiger partial charge in [-0.3, -0.25) is 9.36 Å². The van der Waals surface area contributed by atoms with Crippen molar-refractivity contribution in [2.75, 3.05) is 23.8 Å². The van der Waals surface area contributed by atoms with Crippen LogP contribution in [-0.4, -0.2) is 58.6 Å². The van der Waals surface area contributed by atoms with Crippen LogP contribution in [0.2, 0.25) is 0 Å². The molecule has 6 nitrogen and oxygen atoms in total. The van der Waals surface area contributed by atoms with E-state index >= 15 is 0 Å². The first-order valence-corrected chi connectivity index (χ1v) is 11.9. The summed E-state index contributed by atoms with van der Waals surface area (Å²) in [4.78, 5) is 18.7. The van der Waals surface area contributed by atoms with Gasteiger partial charge < -0.3 is 4.90 Å². The zero-order valence-electron chi connectivity index (χ0n) is 14.3. The molecule has 2 heterocycles. The van der Waals surface area contributed by atoms with Gasteiger partial charge in [-0.05, 0) is 37.6 Å². The van der Waals surface area contributed by atoms with Gasteiger partial charge in [0.2, 0.25) is 5.91 Å². The number of hydrogen-bond donors (Lipinski definition) is 0. The number of imidazole rings is 1. The SMILES string of the molecule is CCN(C(=O)CSc1nccn1-c1ccc(Br)cc1)C1CCS(=O)(=O)C1. The quantitative estimate of drug-likeness (QED) is 0.623. The number of halogens is 1. The molecule has 26 heavy (non-hydrogen) atoms. The van der Waals surface area contributed by atoms with Crippen LogP contribution in [0.3, 0.4) is 0 Å². The lowest BCUT2D eigenvalue weighted by Gasteiger charge is -2.26. The van der Waals surface area contributed by atoms with E-state index in [1.165, 1.54) is 11.8 Å². The molecule has 1 aliphatic heterocycles. The number of nitrogens with zero attached hydrogens (tertiary/aromatic N) is 3. The molecule has 1 atom stereocenters. The van der Waals surface area contributed by atoms with Crippen molar-refractivity contribution in [3.63, 3.8) is 0 Å². The van der Waals surface area contributed by atoms with E-state index < -0.39 is 9.84 Å². The van der Waals surface area contributed by atoms with E-state index in [1.54, 1.807) is 11.1 Å². The average Bonchev–Trinajstić information content (AvgIpc) is 3.21. The number of carbonyl (C=O) groups excluding carboxylic acids is 1. The standard InChI is InChI=1S/C17H20BrN3O3S2/c1-2-20(15-7-10-26(23,24)12-15)16(22)11-25-17-19-8-9-21(17)14-5-3-13(18)4-6-14/h3-6,8-9,15H,2,7,10-12H2,1H3. The average molecular weight is 458 g/mol. The fourth-order valence-corrected chi connectivity index (χ4v) is 5.92. The lowest BCUT2D eigenvalue weighted by Crippen LogP contribution is -2.42. The minimum absolute atomic E-state index is 0.0510. The molecule has 0 saturated carbocycles. The lowest BCUT2D eigenvalue weighted by atomic mass is 10.2. The molecule has 0 spiro atoms. The topological polar surface area (TPSA) is 72.3 Å². The second kappa shape index (κ2) is 8.14. The summed E-state index contributed by atoms with van der Waals surface area (Å²) in [6, 6.07) is 7.64. The van der Waals surface area contributed by atoms with Crippen LogP contribution < -0.4 is 0 Å². The van der Waals surface area contributed by atoms with Crippen LogP contribution in [-0.2, 0) is 14.6 Å². The molecular formula is C17H20BrN3O3S2. The maximum absolute atomic E-state index is 12.6. The van der Waals surface area contributed by atoms with Gasteiger partial charge in [-0.2, -0.15) is 0 Å². The fraction of sp³-hybridized carbons (Fsp3) is 0.412. The van der Waals surface area contributed by atoms with Gasteiger partial charge in [-0.1, -0.05) is 27.7 Å². The summed E-state index contributed by atoms with van der Waals surface area (Å²) in [5.41, 5.74) is 0.967. The number of carbonyl (C=O) groups is 1. The number of amides is 1. The summed E-state index contributed by atoms with van der Waals surface area (Å²) in [6.07, 6.45) is 4.09. The Morgan fingerprint density at radius 2 is 2.12 bits per heavy atom. The Kier molecular flexibility index (Phi) is 6.09. The normalized spacial score (nSPS) is 18.8. The fourth-order valence-electron chi connectivity index (χ4n) is 3.06. The molecule has 1 aromatic heterocycles. The molecule has 1 aromatic carbocycles. The van der Waals surface area contributed by atoms with Crippen molar-refractivity contribution < 1.29 is 13.2 Å². The highest BCUT2D eigenvalue weighted by Gasteiger charge is 2.33. The van der Waals surface area contributed by atoms with Crippen molar-refractivity contribution in [3.05, 3.63) is 41.1 Å². The van der Waals surface area contributed by atoms with Crippen LogP contribution in [0.4, 0.5) is 0 Å². The van der Waals surface area contributed by atoms with Crippen molar-refractivity contribution in [2.24, 2.45) is 0 Å². The van der Waals surface area contributed by atoms with E-state index in [0.717, 1.165) is 15.3 Å². The molecule has 3 rings (SSSR count). The monoisotopic (exact) mass is 457 g/mol. The molecule has 0 bridgehead atoms. The van der Waals surface area contributed by atoms with Gasteiger partial charge in [-0.15, -0.1) is 0 Å². The second-order valence-corrected chi connectivity index (χ2v) is 10.2. The number of aromatic nitrogens is 2. The first-order valence-electron chi connectivity index (χ1n) is 8.31. The molecule has 0 aliphatic carbocycles. The Morgan fingerprint density at radius 3 is 2.73 bits per heavy atom.